The van der Waals surface area contributed by atoms with Gasteiger partial charge in [-0.25, -0.2) is 0 Å². The summed E-state index contributed by atoms with van der Waals surface area (Å²) in [5.41, 5.74) is 0. The summed E-state index contributed by atoms with van der Waals surface area (Å²) < 4.78 is 0. The van der Waals surface area contributed by atoms with Crippen LogP contribution >= 0.6 is 0 Å². The summed E-state index contributed by atoms with van der Waals surface area (Å²) in [4.78, 5) is 0. The molecule has 1 aliphatic rings. The molecule has 0 aromatic heterocycles. The topological polar surface area (TPSA) is 20.2 Å². The van der Waals surface area contributed by atoms with E-state index in [1.54, 1.807) is 0 Å². The Bertz CT molecular complexity index is 78.6. The summed E-state index contributed by atoms with van der Waals surface area (Å²) >= 11 is 0. The molecule has 0 aromatic rings. The molecule has 0 unspecified atom stereocenters. The number of rotatable bonds is 2. The monoisotopic (exact) mass is 128 g/mol. The molecule has 1 saturated carbocycles. The van der Waals surface area contributed by atoms with Gasteiger partial charge in [0.15, 0.2) is 0 Å². The molecule has 0 aliphatic heterocycles. The largest absolute Gasteiger partial charge is 0.393 e. The van der Waals surface area contributed by atoms with Gasteiger partial charge in [0.25, 0.3) is 0 Å². The minimum absolute atomic E-state index is 0.0292. The third-order valence-electron chi connectivity index (χ3n) is 2.21. The summed E-state index contributed by atoms with van der Waals surface area (Å²) in [5.74, 6) is 0.838. The summed E-state index contributed by atoms with van der Waals surface area (Å²) in [6.07, 6.45) is 5.99. The smallest absolute Gasteiger partial charge is 0.0543 e. The van der Waals surface area contributed by atoms with Crippen molar-refractivity contribution in [1.82, 2.24) is 0 Å². The molecule has 1 aliphatic carbocycles. The van der Waals surface area contributed by atoms with Crippen molar-refractivity contribution >= 4 is 0 Å². The standard InChI is InChI=1S/C8H16O/c1-2-3-7-4-5-8(9)6-7/h7-9H,2-6H2,1H3/t7-,8-/m1/s1. The van der Waals surface area contributed by atoms with E-state index in [1.807, 2.05) is 0 Å². The summed E-state index contributed by atoms with van der Waals surface area (Å²) in [5, 5.41) is 9.13. The van der Waals surface area contributed by atoms with E-state index in [9.17, 15) is 0 Å². The first kappa shape index (κ1) is 7.07. The van der Waals surface area contributed by atoms with Gasteiger partial charge in [0.05, 0.1) is 6.10 Å². The van der Waals surface area contributed by atoms with E-state index in [0.717, 1.165) is 18.8 Å². The first-order chi connectivity index (χ1) is 4.33. The van der Waals surface area contributed by atoms with Gasteiger partial charge in [0, 0.05) is 0 Å². The third-order valence-corrected chi connectivity index (χ3v) is 2.21. The van der Waals surface area contributed by atoms with Crippen molar-refractivity contribution in [3.8, 4) is 0 Å². The minimum atomic E-state index is 0.0292. The fourth-order valence-electron chi connectivity index (χ4n) is 1.72. The Balaban J connectivity index is 2.14. The van der Waals surface area contributed by atoms with Gasteiger partial charge in [-0.1, -0.05) is 19.8 Å². The van der Waals surface area contributed by atoms with E-state index in [1.165, 1.54) is 19.3 Å². The fourth-order valence-corrected chi connectivity index (χ4v) is 1.72. The van der Waals surface area contributed by atoms with Crippen LogP contribution in [0, 0.1) is 5.92 Å². The molecule has 0 heterocycles. The van der Waals surface area contributed by atoms with Gasteiger partial charge >= 0.3 is 0 Å². The molecular formula is C8H16O. The van der Waals surface area contributed by atoms with Crippen LogP contribution in [0.3, 0.4) is 0 Å². The summed E-state index contributed by atoms with van der Waals surface area (Å²) in [6.45, 7) is 2.21. The van der Waals surface area contributed by atoms with Crippen LogP contribution in [-0.4, -0.2) is 11.2 Å². The van der Waals surface area contributed by atoms with E-state index in [2.05, 4.69) is 6.92 Å². The molecule has 0 radical (unpaired) electrons. The van der Waals surface area contributed by atoms with Crippen molar-refractivity contribution in [2.24, 2.45) is 5.92 Å². The van der Waals surface area contributed by atoms with Gasteiger partial charge in [-0.05, 0) is 25.2 Å². The van der Waals surface area contributed by atoms with Crippen molar-refractivity contribution in [3.63, 3.8) is 0 Å². The average molecular weight is 128 g/mol. The Hall–Kier alpha value is -0.0400. The molecule has 0 aromatic carbocycles. The Morgan fingerprint density at radius 3 is 2.67 bits per heavy atom. The molecule has 1 heteroatoms. The average Bonchev–Trinajstić information content (AvgIpc) is 2.17. The molecular weight excluding hydrogens is 112 g/mol. The molecule has 9 heavy (non-hydrogen) atoms. The molecule has 0 spiro atoms. The van der Waals surface area contributed by atoms with Gasteiger partial charge in [0.2, 0.25) is 0 Å². The third kappa shape index (κ3) is 1.98. The normalized spacial score (nSPS) is 35.3. The van der Waals surface area contributed by atoms with Crippen LogP contribution in [-0.2, 0) is 0 Å². The molecule has 1 N–H and O–H groups in total. The van der Waals surface area contributed by atoms with Gasteiger partial charge < -0.3 is 5.11 Å². The summed E-state index contributed by atoms with van der Waals surface area (Å²) in [7, 11) is 0. The highest BCUT2D eigenvalue weighted by molar-refractivity contribution is 4.73. The molecule has 1 nitrogen and oxygen atoms in total. The highest BCUT2D eigenvalue weighted by Crippen LogP contribution is 2.28. The molecule has 54 valence electrons. The van der Waals surface area contributed by atoms with E-state index in [0.29, 0.717) is 0 Å². The zero-order chi connectivity index (χ0) is 6.69. The highest BCUT2D eigenvalue weighted by atomic mass is 16.3. The second-order valence-corrected chi connectivity index (χ2v) is 3.12. The fraction of sp³-hybridized carbons (Fsp3) is 1.00. The van der Waals surface area contributed by atoms with E-state index in [4.69, 9.17) is 5.11 Å². The lowest BCUT2D eigenvalue weighted by Crippen LogP contribution is -1.99. The zero-order valence-electron chi connectivity index (χ0n) is 6.14. The second kappa shape index (κ2) is 3.21. The van der Waals surface area contributed by atoms with Crippen molar-refractivity contribution in [1.29, 1.82) is 0 Å². The van der Waals surface area contributed by atoms with Crippen molar-refractivity contribution in [2.45, 2.75) is 45.1 Å². The lowest BCUT2D eigenvalue weighted by atomic mass is 10.0. The van der Waals surface area contributed by atoms with Crippen LogP contribution in [0.15, 0.2) is 0 Å². The quantitative estimate of drug-likeness (QED) is 0.602. The predicted molar refractivity (Wildman–Crippen MR) is 38.3 cm³/mol. The predicted octanol–water partition coefficient (Wildman–Crippen LogP) is 1.95. The molecule has 1 fully saturated rings. The Kier molecular flexibility index (Phi) is 2.52. The van der Waals surface area contributed by atoms with Crippen LogP contribution in [0.5, 0.6) is 0 Å². The van der Waals surface area contributed by atoms with E-state index >= 15 is 0 Å². The number of aliphatic hydroxyl groups is 1. The van der Waals surface area contributed by atoms with Crippen molar-refractivity contribution in [2.75, 3.05) is 0 Å². The number of aliphatic hydroxyl groups excluding tert-OH is 1. The van der Waals surface area contributed by atoms with Crippen molar-refractivity contribution < 1.29 is 5.11 Å². The van der Waals surface area contributed by atoms with Gasteiger partial charge in [0.1, 0.15) is 0 Å². The lowest BCUT2D eigenvalue weighted by molar-refractivity contribution is 0.177. The number of hydrogen-bond acceptors (Lipinski definition) is 1. The molecule has 0 saturated heterocycles. The van der Waals surface area contributed by atoms with Crippen LogP contribution in [0.4, 0.5) is 0 Å². The lowest BCUT2D eigenvalue weighted by Gasteiger charge is -2.04. The Morgan fingerprint density at radius 2 is 2.22 bits per heavy atom. The SMILES string of the molecule is CCC[C@@H]1CC[C@@H](O)C1. The van der Waals surface area contributed by atoms with E-state index in [-0.39, 0.29) is 6.10 Å². The molecule has 1 rings (SSSR count). The maximum Gasteiger partial charge on any atom is 0.0543 e. The van der Waals surface area contributed by atoms with Crippen LogP contribution in [0.1, 0.15) is 39.0 Å². The highest BCUT2D eigenvalue weighted by Gasteiger charge is 2.21. The van der Waals surface area contributed by atoms with Gasteiger partial charge in [-0.3, -0.25) is 0 Å². The second-order valence-electron chi connectivity index (χ2n) is 3.12. The first-order valence-electron chi connectivity index (χ1n) is 4.01. The van der Waals surface area contributed by atoms with Crippen LogP contribution in [0.2, 0.25) is 0 Å². The molecule has 0 amide bonds. The van der Waals surface area contributed by atoms with Gasteiger partial charge in [-0.2, -0.15) is 0 Å². The van der Waals surface area contributed by atoms with E-state index < -0.39 is 0 Å². The molecule has 2 atom stereocenters. The first-order valence-corrected chi connectivity index (χ1v) is 4.01. The maximum atomic E-state index is 9.13. The molecule has 0 bridgehead atoms. The summed E-state index contributed by atoms with van der Waals surface area (Å²) in [6, 6.07) is 0. The number of hydrogen-bond donors (Lipinski definition) is 1. The van der Waals surface area contributed by atoms with Crippen molar-refractivity contribution in [3.05, 3.63) is 0 Å². The maximum absolute atomic E-state index is 9.13. The minimum Gasteiger partial charge on any atom is -0.393 e. The zero-order valence-corrected chi connectivity index (χ0v) is 6.14. The Morgan fingerprint density at radius 1 is 1.44 bits per heavy atom. The van der Waals surface area contributed by atoms with Gasteiger partial charge in [-0.15, -0.1) is 0 Å². The van der Waals surface area contributed by atoms with Crippen LogP contribution in [0.25, 0.3) is 0 Å². The van der Waals surface area contributed by atoms with Crippen LogP contribution < -0.4 is 0 Å². The Labute approximate surface area is 57.1 Å².